The van der Waals surface area contributed by atoms with Gasteiger partial charge >= 0.3 is 0 Å². The Balaban J connectivity index is 4.43. The van der Waals surface area contributed by atoms with Crippen LogP contribution in [0.2, 0.25) is 0 Å². The van der Waals surface area contributed by atoms with E-state index in [0.29, 0.717) is 13.1 Å². The summed E-state index contributed by atoms with van der Waals surface area (Å²) in [5.74, 6) is -0.299. The van der Waals surface area contributed by atoms with E-state index in [0.717, 1.165) is 6.42 Å². The van der Waals surface area contributed by atoms with Crippen LogP contribution in [-0.2, 0) is 14.4 Å². The summed E-state index contributed by atoms with van der Waals surface area (Å²) in [6, 6.07) is 0.161. The normalized spacial score (nSPS) is 12.1. The minimum absolute atomic E-state index is 0.0399. The highest BCUT2D eigenvalue weighted by Crippen LogP contribution is 2.03. The van der Waals surface area contributed by atoms with Crippen LogP contribution >= 0.6 is 0 Å². The first-order chi connectivity index (χ1) is 10.3. The van der Waals surface area contributed by atoms with Crippen molar-refractivity contribution in [1.29, 1.82) is 0 Å². The molecule has 0 radical (unpaired) electrons. The van der Waals surface area contributed by atoms with Crippen LogP contribution in [0.15, 0.2) is 0 Å². The van der Waals surface area contributed by atoms with E-state index in [1.807, 2.05) is 18.9 Å². The Labute approximate surface area is 132 Å². The molecule has 0 saturated heterocycles. The third-order valence-electron chi connectivity index (χ3n) is 3.58. The fourth-order valence-corrected chi connectivity index (χ4v) is 1.83. The molecule has 0 spiro atoms. The van der Waals surface area contributed by atoms with Crippen molar-refractivity contribution >= 4 is 17.7 Å². The molecule has 128 valence electrons. The van der Waals surface area contributed by atoms with Crippen molar-refractivity contribution in [2.45, 2.75) is 19.4 Å². The van der Waals surface area contributed by atoms with Gasteiger partial charge in [0.1, 0.15) is 0 Å². The average molecular weight is 315 g/mol. The Bertz CT molecular complexity index is 357. The molecule has 0 heterocycles. The van der Waals surface area contributed by atoms with Crippen molar-refractivity contribution in [3.63, 3.8) is 0 Å². The van der Waals surface area contributed by atoms with Crippen LogP contribution in [0.4, 0.5) is 0 Å². The fraction of sp³-hybridized carbons (Fsp3) is 0.786. The largest absolute Gasteiger partial charge is 0.358 e. The monoisotopic (exact) mass is 315 g/mol. The van der Waals surface area contributed by atoms with Crippen LogP contribution in [-0.4, -0.2) is 87.9 Å². The SMILES string of the molecule is CNC(=O)CN(CCC(C)N(C)CC(=O)NC)CC(=O)NC. The second kappa shape index (κ2) is 11.0. The van der Waals surface area contributed by atoms with E-state index in [9.17, 15) is 14.4 Å². The smallest absolute Gasteiger partial charge is 0.233 e. The van der Waals surface area contributed by atoms with Crippen molar-refractivity contribution in [3.05, 3.63) is 0 Å². The van der Waals surface area contributed by atoms with Crippen molar-refractivity contribution in [2.75, 3.05) is 54.4 Å². The Morgan fingerprint density at radius 2 is 1.27 bits per heavy atom. The van der Waals surface area contributed by atoms with Gasteiger partial charge in [0, 0.05) is 33.7 Å². The lowest BCUT2D eigenvalue weighted by Crippen LogP contribution is -2.44. The van der Waals surface area contributed by atoms with Gasteiger partial charge in [-0.15, -0.1) is 0 Å². The van der Waals surface area contributed by atoms with E-state index in [1.165, 1.54) is 0 Å². The number of likely N-dealkylation sites (N-methyl/N-ethyl adjacent to an activating group) is 4. The molecule has 0 fully saturated rings. The summed E-state index contributed by atoms with van der Waals surface area (Å²) in [4.78, 5) is 38.1. The van der Waals surface area contributed by atoms with E-state index >= 15 is 0 Å². The lowest BCUT2D eigenvalue weighted by molar-refractivity contribution is -0.124. The molecule has 0 aliphatic rings. The second-order valence-electron chi connectivity index (χ2n) is 5.28. The molecule has 3 N–H and O–H groups in total. The van der Waals surface area contributed by atoms with Gasteiger partial charge in [0.05, 0.1) is 19.6 Å². The number of nitrogens with zero attached hydrogens (tertiary/aromatic N) is 2. The van der Waals surface area contributed by atoms with Crippen molar-refractivity contribution in [2.24, 2.45) is 0 Å². The van der Waals surface area contributed by atoms with Crippen LogP contribution in [0, 0.1) is 0 Å². The molecule has 0 aromatic heterocycles. The van der Waals surface area contributed by atoms with Crippen LogP contribution in [0.5, 0.6) is 0 Å². The molecule has 0 rings (SSSR count). The predicted octanol–water partition coefficient (Wildman–Crippen LogP) is -1.76. The number of carbonyl (C=O) groups excluding carboxylic acids is 3. The average Bonchev–Trinajstić information content (AvgIpc) is 2.51. The number of amides is 3. The summed E-state index contributed by atoms with van der Waals surface area (Å²) < 4.78 is 0. The molecule has 0 aliphatic carbocycles. The van der Waals surface area contributed by atoms with Gasteiger partial charge in [0.15, 0.2) is 0 Å². The Morgan fingerprint density at radius 1 is 0.864 bits per heavy atom. The molecular weight excluding hydrogens is 286 g/mol. The van der Waals surface area contributed by atoms with Gasteiger partial charge in [-0.25, -0.2) is 0 Å². The molecule has 8 nitrogen and oxygen atoms in total. The van der Waals surface area contributed by atoms with E-state index < -0.39 is 0 Å². The van der Waals surface area contributed by atoms with Crippen molar-refractivity contribution < 1.29 is 14.4 Å². The maximum atomic E-state index is 11.5. The van der Waals surface area contributed by atoms with Gasteiger partial charge in [-0.3, -0.25) is 24.2 Å². The van der Waals surface area contributed by atoms with Crippen LogP contribution in [0.3, 0.4) is 0 Å². The zero-order valence-electron chi connectivity index (χ0n) is 14.2. The molecule has 3 amide bonds. The highest BCUT2D eigenvalue weighted by Gasteiger charge is 2.17. The molecule has 0 aromatic carbocycles. The summed E-state index contributed by atoms with van der Waals surface area (Å²) in [5, 5.41) is 7.70. The van der Waals surface area contributed by atoms with E-state index in [4.69, 9.17) is 0 Å². The maximum absolute atomic E-state index is 11.5. The van der Waals surface area contributed by atoms with Gasteiger partial charge in [0.25, 0.3) is 0 Å². The standard InChI is InChI=1S/C14H29N5O3/c1-11(18(5)8-12(20)15-2)6-7-19(9-13(21)16-3)10-14(22)17-4/h11H,6-10H2,1-5H3,(H,15,20)(H,16,21)(H,17,22). The molecule has 8 heteroatoms. The number of carbonyl (C=O) groups is 3. The minimum atomic E-state index is -0.129. The lowest BCUT2D eigenvalue weighted by atomic mass is 10.2. The van der Waals surface area contributed by atoms with Gasteiger partial charge in [-0.1, -0.05) is 0 Å². The Hall–Kier alpha value is -1.67. The van der Waals surface area contributed by atoms with E-state index in [2.05, 4.69) is 16.0 Å². The molecule has 1 atom stereocenters. The number of hydrogen-bond acceptors (Lipinski definition) is 5. The van der Waals surface area contributed by atoms with E-state index in [1.54, 1.807) is 26.0 Å². The summed E-state index contributed by atoms with van der Waals surface area (Å²) in [6.45, 7) is 3.29. The number of hydrogen-bond donors (Lipinski definition) is 3. The molecule has 0 bridgehead atoms. The minimum Gasteiger partial charge on any atom is -0.358 e. The number of nitrogens with one attached hydrogen (secondary N) is 3. The van der Waals surface area contributed by atoms with Gasteiger partial charge in [-0.05, 0) is 20.4 Å². The highest BCUT2D eigenvalue weighted by molar-refractivity contribution is 5.80. The van der Waals surface area contributed by atoms with Crippen molar-refractivity contribution in [1.82, 2.24) is 25.8 Å². The summed E-state index contributed by atoms with van der Waals surface area (Å²) >= 11 is 0. The summed E-state index contributed by atoms with van der Waals surface area (Å²) in [5.41, 5.74) is 0. The Morgan fingerprint density at radius 3 is 1.68 bits per heavy atom. The van der Waals surface area contributed by atoms with Gasteiger partial charge in [-0.2, -0.15) is 0 Å². The molecule has 22 heavy (non-hydrogen) atoms. The lowest BCUT2D eigenvalue weighted by Gasteiger charge is -2.27. The first-order valence-corrected chi connectivity index (χ1v) is 7.38. The Kier molecular flexibility index (Phi) is 10.1. The van der Waals surface area contributed by atoms with Crippen LogP contribution in [0.1, 0.15) is 13.3 Å². The highest BCUT2D eigenvalue weighted by atomic mass is 16.2. The third-order valence-corrected chi connectivity index (χ3v) is 3.58. The topological polar surface area (TPSA) is 93.8 Å². The molecule has 1 unspecified atom stereocenters. The quantitative estimate of drug-likeness (QED) is 0.444. The number of rotatable bonds is 10. The third kappa shape index (κ3) is 8.58. The zero-order chi connectivity index (χ0) is 17.1. The molecule has 0 aliphatic heterocycles. The first-order valence-electron chi connectivity index (χ1n) is 7.38. The maximum Gasteiger partial charge on any atom is 0.233 e. The molecule has 0 aromatic rings. The van der Waals surface area contributed by atoms with Crippen LogP contribution in [0.25, 0.3) is 0 Å². The fourth-order valence-electron chi connectivity index (χ4n) is 1.83. The zero-order valence-corrected chi connectivity index (χ0v) is 14.2. The van der Waals surface area contributed by atoms with E-state index in [-0.39, 0.29) is 36.9 Å². The molecular formula is C14H29N5O3. The predicted molar refractivity (Wildman–Crippen MR) is 85.3 cm³/mol. The summed E-state index contributed by atoms with van der Waals surface area (Å²) in [7, 11) is 6.62. The van der Waals surface area contributed by atoms with Crippen LogP contribution < -0.4 is 16.0 Å². The first kappa shape index (κ1) is 20.3. The van der Waals surface area contributed by atoms with Gasteiger partial charge in [0.2, 0.25) is 17.7 Å². The van der Waals surface area contributed by atoms with Gasteiger partial charge < -0.3 is 16.0 Å². The molecule has 0 saturated carbocycles. The van der Waals surface area contributed by atoms with Crippen molar-refractivity contribution in [3.8, 4) is 0 Å². The second-order valence-corrected chi connectivity index (χ2v) is 5.28. The summed E-state index contributed by atoms with van der Waals surface area (Å²) in [6.07, 6.45) is 0.751.